The Morgan fingerprint density at radius 2 is 2.00 bits per heavy atom. The van der Waals surface area contributed by atoms with Crippen LogP contribution in [0.3, 0.4) is 0 Å². The second-order valence-electron chi connectivity index (χ2n) is 5.78. The Morgan fingerprint density at radius 1 is 1.21 bits per heavy atom. The molecule has 2 aromatic rings. The van der Waals surface area contributed by atoms with Gasteiger partial charge in [-0.2, -0.15) is 0 Å². The van der Waals surface area contributed by atoms with Gasteiger partial charge in [0.2, 0.25) is 0 Å². The minimum atomic E-state index is -0.169. The van der Waals surface area contributed by atoms with Crippen LogP contribution in [0.5, 0.6) is 0 Å². The number of aromatic nitrogens is 2. The quantitative estimate of drug-likeness (QED) is 0.834. The molecule has 1 aromatic heterocycles. The molecular weight excluding hydrogens is 326 g/mol. The van der Waals surface area contributed by atoms with Crippen molar-refractivity contribution in [3.05, 3.63) is 53.4 Å². The van der Waals surface area contributed by atoms with E-state index >= 15 is 0 Å². The Hall–Kier alpha value is -2.34. The molecule has 0 saturated carbocycles. The van der Waals surface area contributed by atoms with Gasteiger partial charge in [-0.15, -0.1) is 0 Å². The van der Waals surface area contributed by atoms with Gasteiger partial charge in [-0.1, -0.05) is 41.9 Å². The summed E-state index contributed by atoms with van der Waals surface area (Å²) in [7, 11) is 0. The van der Waals surface area contributed by atoms with E-state index in [1.165, 1.54) is 18.0 Å². The van der Waals surface area contributed by atoms with Crippen molar-refractivity contribution in [3.8, 4) is 0 Å². The molecule has 1 unspecified atom stereocenters. The lowest BCUT2D eigenvalue weighted by Crippen LogP contribution is -2.51. The summed E-state index contributed by atoms with van der Waals surface area (Å²) in [5, 5.41) is 0.220. The van der Waals surface area contributed by atoms with Crippen molar-refractivity contribution in [2.24, 2.45) is 0 Å². The number of amides is 2. The summed E-state index contributed by atoms with van der Waals surface area (Å²) < 4.78 is 0. The molecule has 0 aliphatic carbocycles. The van der Waals surface area contributed by atoms with Gasteiger partial charge >= 0.3 is 6.03 Å². The molecule has 24 heavy (non-hydrogen) atoms. The van der Waals surface area contributed by atoms with E-state index in [9.17, 15) is 4.79 Å². The summed E-state index contributed by atoms with van der Waals surface area (Å²) >= 11 is 5.93. The number of halogens is 1. The van der Waals surface area contributed by atoms with Crippen molar-refractivity contribution in [1.82, 2.24) is 20.3 Å². The second kappa shape index (κ2) is 7.97. The number of urea groups is 1. The van der Waals surface area contributed by atoms with E-state index in [2.05, 4.69) is 33.0 Å². The van der Waals surface area contributed by atoms with Crippen molar-refractivity contribution >= 4 is 23.4 Å². The van der Waals surface area contributed by atoms with E-state index in [1.54, 1.807) is 0 Å². The van der Waals surface area contributed by atoms with E-state index in [-0.39, 0.29) is 17.2 Å². The first-order valence-corrected chi connectivity index (χ1v) is 8.45. The minimum absolute atomic E-state index is 0.169. The lowest BCUT2D eigenvalue weighted by atomic mass is 9.96. The Labute approximate surface area is 146 Å². The average molecular weight is 346 g/mol. The zero-order valence-electron chi connectivity index (χ0n) is 13.3. The number of hydrazine groups is 1. The van der Waals surface area contributed by atoms with Crippen molar-refractivity contribution < 1.29 is 4.79 Å². The number of rotatable bonds is 4. The molecule has 1 fully saturated rings. The molecule has 1 aromatic carbocycles. The third-order valence-corrected chi connectivity index (χ3v) is 4.42. The van der Waals surface area contributed by atoms with Crippen molar-refractivity contribution in [1.29, 1.82) is 0 Å². The van der Waals surface area contributed by atoms with Crippen molar-refractivity contribution in [2.75, 3.05) is 12.0 Å². The van der Waals surface area contributed by atoms with Crippen LogP contribution in [0.25, 0.3) is 0 Å². The molecule has 126 valence electrons. The fourth-order valence-electron chi connectivity index (χ4n) is 2.96. The molecule has 0 bridgehead atoms. The molecular formula is C17H20ClN5O. The van der Waals surface area contributed by atoms with Crippen LogP contribution < -0.4 is 10.9 Å². The highest BCUT2D eigenvalue weighted by Gasteiger charge is 2.26. The first-order chi connectivity index (χ1) is 11.7. The number of piperidine rings is 1. The van der Waals surface area contributed by atoms with Gasteiger partial charge < -0.3 is 4.90 Å². The molecule has 1 aliphatic rings. The van der Waals surface area contributed by atoms with E-state index in [4.69, 9.17) is 11.6 Å². The van der Waals surface area contributed by atoms with Gasteiger partial charge in [0.05, 0.1) is 0 Å². The van der Waals surface area contributed by atoms with Gasteiger partial charge in [-0.3, -0.25) is 10.9 Å². The molecule has 7 heteroatoms. The normalized spacial score (nSPS) is 17.4. The number of likely N-dealkylation sites (tertiary alicyclic amines) is 1. The highest BCUT2D eigenvalue weighted by molar-refractivity contribution is 6.31. The van der Waals surface area contributed by atoms with Gasteiger partial charge in [-0.05, 0) is 31.2 Å². The van der Waals surface area contributed by atoms with Gasteiger partial charge in [-0.25, -0.2) is 14.8 Å². The van der Waals surface area contributed by atoms with E-state index < -0.39 is 0 Å². The van der Waals surface area contributed by atoms with E-state index in [1.807, 2.05) is 23.1 Å². The standard InChI is InChI=1S/C17H20ClN5O/c18-15-16(20-10-9-19-15)21-22-17(24)23-11-5-4-8-14(23)12-13-6-2-1-3-7-13/h1-3,6-7,9-10,14H,4-5,8,11-12H2,(H,20,21)(H,22,24). The number of benzene rings is 1. The highest BCUT2D eigenvalue weighted by Crippen LogP contribution is 2.21. The zero-order chi connectivity index (χ0) is 16.8. The maximum Gasteiger partial charge on any atom is 0.336 e. The maximum absolute atomic E-state index is 12.5. The lowest BCUT2D eigenvalue weighted by Gasteiger charge is -2.35. The Bertz CT molecular complexity index is 682. The molecule has 1 aliphatic heterocycles. The number of hydrogen-bond donors (Lipinski definition) is 2. The Kier molecular flexibility index (Phi) is 5.48. The predicted molar refractivity (Wildman–Crippen MR) is 93.7 cm³/mol. The van der Waals surface area contributed by atoms with Crippen LogP contribution in [0.1, 0.15) is 24.8 Å². The topological polar surface area (TPSA) is 70.1 Å². The number of nitrogens with one attached hydrogen (secondary N) is 2. The van der Waals surface area contributed by atoms with Crippen LogP contribution in [0.2, 0.25) is 5.15 Å². The van der Waals surface area contributed by atoms with Gasteiger partial charge in [0.25, 0.3) is 0 Å². The Balaban J connectivity index is 1.62. The molecule has 6 nitrogen and oxygen atoms in total. The molecule has 2 amide bonds. The van der Waals surface area contributed by atoms with Crippen LogP contribution in [0.15, 0.2) is 42.7 Å². The third-order valence-electron chi connectivity index (χ3n) is 4.14. The predicted octanol–water partition coefficient (Wildman–Crippen LogP) is 3.26. The summed E-state index contributed by atoms with van der Waals surface area (Å²) in [6, 6.07) is 10.3. The highest BCUT2D eigenvalue weighted by atomic mass is 35.5. The number of hydrogen-bond acceptors (Lipinski definition) is 4. The monoisotopic (exact) mass is 345 g/mol. The summed E-state index contributed by atoms with van der Waals surface area (Å²) in [4.78, 5) is 22.4. The molecule has 0 spiro atoms. The first-order valence-electron chi connectivity index (χ1n) is 8.07. The number of nitrogens with zero attached hydrogens (tertiary/aromatic N) is 3. The second-order valence-corrected chi connectivity index (χ2v) is 6.14. The summed E-state index contributed by atoms with van der Waals surface area (Å²) in [5.41, 5.74) is 6.67. The van der Waals surface area contributed by atoms with E-state index in [0.717, 1.165) is 32.2 Å². The maximum atomic E-state index is 12.5. The number of carbonyl (C=O) groups is 1. The zero-order valence-corrected chi connectivity index (χ0v) is 14.0. The summed E-state index contributed by atoms with van der Waals surface area (Å²) in [5.74, 6) is 0.337. The van der Waals surface area contributed by atoms with Crippen LogP contribution in [0.4, 0.5) is 10.6 Å². The third kappa shape index (κ3) is 4.14. The molecule has 2 heterocycles. The van der Waals surface area contributed by atoms with Crippen molar-refractivity contribution in [2.45, 2.75) is 31.7 Å². The van der Waals surface area contributed by atoms with Gasteiger partial charge in [0.15, 0.2) is 11.0 Å². The van der Waals surface area contributed by atoms with Crippen LogP contribution in [-0.4, -0.2) is 33.5 Å². The lowest BCUT2D eigenvalue weighted by molar-refractivity contribution is 0.152. The van der Waals surface area contributed by atoms with Crippen LogP contribution >= 0.6 is 11.6 Å². The van der Waals surface area contributed by atoms with Gasteiger partial charge in [0.1, 0.15) is 0 Å². The largest absolute Gasteiger partial charge is 0.336 e. The fourth-order valence-corrected chi connectivity index (χ4v) is 3.11. The van der Waals surface area contributed by atoms with Crippen molar-refractivity contribution in [3.63, 3.8) is 0 Å². The SMILES string of the molecule is O=C(NNc1nccnc1Cl)N1CCCCC1Cc1ccccc1. The number of anilines is 1. The summed E-state index contributed by atoms with van der Waals surface area (Å²) in [6.07, 6.45) is 7.04. The Morgan fingerprint density at radius 3 is 2.79 bits per heavy atom. The number of carbonyl (C=O) groups excluding carboxylic acids is 1. The van der Waals surface area contributed by atoms with Gasteiger partial charge in [0, 0.05) is 25.0 Å². The molecule has 1 atom stereocenters. The molecule has 0 radical (unpaired) electrons. The first kappa shape index (κ1) is 16.5. The molecule has 3 rings (SSSR count). The summed E-state index contributed by atoms with van der Waals surface area (Å²) in [6.45, 7) is 0.749. The molecule has 2 N–H and O–H groups in total. The van der Waals surface area contributed by atoms with E-state index in [0.29, 0.717) is 5.82 Å². The average Bonchev–Trinajstić information content (AvgIpc) is 2.62. The molecule has 1 saturated heterocycles. The fraction of sp³-hybridized carbons (Fsp3) is 0.353. The minimum Gasteiger partial charge on any atom is -0.320 e. The smallest absolute Gasteiger partial charge is 0.320 e. The van der Waals surface area contributed by atoms with Crippen LogP contribution in [0, 0.1) is 0 Å². The van der Waals surface area contributed by atoms with Crippen LogP contribution in [-0.2, 0) is 6.42 Å².